The van der Waals surface area contributed by atoms with Crippen LogP contribution in [-0.4, -0.2) is 28.7 Å². The third-order valence-electron chi connectivity index (χ3n) is 3.81. The van der Waals surface area contributed by atoms with Crippen LogP contribution in [-0.2, 0) is 0 Å². The molecule has 1 unspecified atom stereocenters. The van der Waals surface area contributed by atoms with Crippen LogP contribution in [0.4, 0.5) is 11.4 Å². The molecule has 1 aromatic carbocycles. The van der Waals surface area contributed by atoms with Crippen molar-refractivity contribution in [2.45, 2.75) is 38.7 Å². The summed E-state index contributed by atoms with van der Waals surface area (Å²) in [6.07, 6.45) is 2.36. The molecule has 1 N–H and O–H groups in total. The van der Waals surface area contributed by atoms with Crippen LogP contribution in [0.25, 0.3) is 0 Å². The summed E-state index contributed by atoms with van der Waals surface area (Å²) in [6.45, 7) is 5.38. The van der Waals surface area contributed by atoms with Crippen LogP contribution in [0.3, 0.4) is 0 Å². The molecule has 0 bridgehead atoms. The standard InChI is InChI=1S/C14H20N2O3/c1-11-4-5-12(16(18)19)10-13(11)15-8-3-6-14(2,17)7-9-15/h4-5,10,17H,3,6-9H2,1-2H3. The molecule has 104 valence electrons. The molecule has 2 rings (SSSR count). The summed E-state index contributed by atoms with van der Waals surface area (Å²) in [6, 6.07) is 4.96. The molecule has 1 fully saturated rings. The molecule has 0 aliphatic carbocycles. The van der Waals surface area contributed by atoms with E-state index >= 15 is 0 Å². The van der Waals surface area contributed by atoms with Gasteiger partial charge in [-0.15, -0.1) is 0 Å². The van der Waals surface area contributed by atoms with Crippen molar-refractivity contribution in [3.05, 3.63) is 33.9 Å². The highest BCUT2D eigenvalue weighted by atomic mass is 16.6. The fourth-order valence-electron chi connectivity index (χ4n) is 2.56. The smallest absolute Gasteiger partial charge is 0.271 e. The Balaban J connectivity index is 2.25. The van der Waals surface area contributed by atoms with E-state index in [1.54, 1.807) is 12.1 Å². The maximum Gasteiger partial charge on any atom is 0.271 e. The number of rotatable bonds is 2. The summed E-state index contributed by atoms with van der Waals surface area (Å²) in [5, 5.41) is 21.0. The largest absolute Gasteiger partial charge is 0.390 e. The predicted octanol–water partition coefficient (Wildman–Crippen LogP) is 2.64. The molecule has 1 atom stereocenters. The summed E-state index contributed by atoms with van der Waals surface area (Å²) in [4.78, 5) is 12.6. The lowest BCUT2D eigenvalue weighted by molar-refractivity contribution is -0.384. The Hall–Kier alpha value is -1.62. The SMILES string of the molecule is Cc1ccc([N+](=O)[O-])cc1N1CCCC(C)(O)CC1. The molecule has 5 nitrogen and oxygen atoms in total. The van der Waals surface area contributed by atoms with E-state index in [0.29, 0.717) is 6.42 Å². The van der Waals surface area contributed by atoms with Crippen LogP contribution >= 0.6 is 0 Å². The third-order valence-corrected chi connectivity index (χ3v) is 3.81. The Labute approximate surface area is 113 Å². The van der Waals surface area contributed by atoms with Crippen molar-refractivity contribution in [2.75, 3.05) is 18.0 Å². The number of nitro benzene ring substituents is 1. The minimum atomic E-state index is -0.622. The molecule has 0 saturated carbocycles. The van der Waals surface area contributed by atoms with E-state index < -0.39 is 5.60 Å². The van der Waals surface area contributed by atoms with E-state index in [1.807, 2.05) is 13.8 Å². The van der Waals surface area contributed by atoms with Gasteiger partial charge < -0.3 is 10.0 Å². The first-order valence-corrected chi connectivity index (χ1v) is 6.61. The lowest BCUT2D eigenvalue weighted by atomic mass is 9.98. The zero-order chi connectivity index (χ0) is 14.0. The Morgan fingerprint density at radius 3 is 2.79 bits per heavy atom. The summed E-state index contributed by atoms with van der Waals surface area (Å²) in [5.74, 6) is 0. The maximum atomic E-state index is 10.9. The number of non-ortho nitro benzene ring substituents is 1. The van der Waals surface area contributed by atoms with Crippen molar-refractivity contribution in [2.24, 2.45) is 0 Å². The monoisotopic (exact) mass is 264 g/mol. The first kappa shape index (κ1) is 13.8. The van der Waals surface area contributed by atoms with Crippen molar-refractivity contribution in [1.82, 2.24) is 0 Å². The van der Waals surface area contributed by atoms with Gasteiger partial charge in [-0.25, -0.2) is 0 Å². The molecule has 0 spiro atoms. The molecule has 0 aromatic heterocycles. The van der Waals surface area contributed by atoms with Gasteiger partial charge in [0, 0.05) is 30.9 Å². The van der Waals surface area contributed by atoms with Crippen LogP contribution < -0.4 is 4.90 Å². The zero-order valence-corrected chi connectivity index (χ0v) is 11.4. The highest BCUT2D eigenvalue weighted by molar-refractivity contribution is 5.58. The zero-order valence-electron chi connectivity index (χ0n) is 11.4. The van der Waals surface area contributed by atoms with Gasteiger partial charge >= 0.3 is 0 Å². The number of benzene rings is 1. The summed E-state index contributed by atoms with van der Waals surface area (Å²) in [7, 11) is 0. The van der Waals surface area contributed by atoms with Crippen LogP contribution in [0, 0.1) is 17.0 Å². The fourth-order valence-corrected chi connectivity index (χ4v) is 2.56. The summed E-state index contributed by atoms with van der Waals surface area (Å²) >= 11 is 0. The number of aryl methyl sites for hydroxylation is 1. The Kier molecular flexibility index (Phi) is 3.75. The quantitative estimate of drug-likeness (QED) is 0.658. The number of hydrogen-bond acceptors (Lipinski definition) is 4. The number of aliphatic hydroxyl groups is 1. The topological polar surface area (TPSA) is 66.6 Å². The minimum Gasteiger partial charge on any atom is -0.390 e. The van der Waals surface area contributed by atoms with Crippen LogP contribution in [0.1, 0.15) is 31.7 Å². The van der Waals surface area contributed by atoms with Gasteiger partial charge in [0.1, 0.15) is 0 Å². The predicted molar refractivity (Wildman–Crippen MR) is 74.5 cm³/mol. The first-order chi connectivity index (χ1) is 8.89. The van der Waals surface area contributed by atoms with Gasteiger partial charge in [-0.2, -0.15) is 0 Å². The molecule has 1 aliphatic heterocycles. The Morgan fingerprint density at radius 1 is 1.37 bits per heavy atom. The molecule has 0 radical (unpaired) electrons. The van der Waals surface area contributed by atoms with Gasteiger partial charge in [-0.05, 0) is 38.7 Å². The Bertz CT molecular complexity index is 486. The average Bonchev–Trinajstić information content (AvgIpc) is 2.51. The first-order valence-electron chi connectivity index (χ1n) is 6.61. The van der Waals surface area contributed by atoms with Crippen molar-refractivity contribution in [1.29, 1.82) is 0 Å². The molecule has 1 heterocycles. The van der Waals surface area contributed by atoms with Crippen molar-refractivity contribution >= 4 is 11.4 Å². The van der Waals surface area contributed by atoms with Gasteiger partial charge in [0.2, 0.25) is 0 Å². The van der Waals surface area contributed by atoms with E-state index in [0.717, 1.165) is 37.2 Å². The van der Waals surface area contributed by atoms with Gasteiger partial charge in [-0.3, -0.25) is 10.1 Å². The second kappa shape index (κ2) is 5.17. The molecule has 1 saturated heterocycles. The van der Waals surface area contributed by atoms with Crippen molar-refractivity contribution in [3.63, 3.8) is 0 Å². The Morgan fingerprint density at radius 2 is 2.11 bits per heavy atom. The van der Waals surface area contributed by atoms with Crippen LogP contribution in [0.15, 0.2) is 18.2 Å². The molecular weight excluding hydrogens is 244 g/mol. The summed E-state index contributed by atoms with van der Waals surface area (Å²) in [5.41, 5.74) is 1.44. The number of nitro groups is 1. The normalized spacial score (nSPS) is 24.1. The highest BCUT2D eigenvalue weighted by Crippen LogP contribution is 2.29. The molecular formula is C14H20N2O3. The molecule has 1 aromatic rings. The molecule has 1 aliphatic rings. The van der Waals surface area contributed by atoms with E-state index in [9.17, 15) is 15.2 Å². The molecule has 5 heteroatoms. The van der Waals surface area contributed by atoms with Gasteiger partial charge in [-0.1, -0.05) is 6.07 Å². The van der Waals surface area contributed by atoms with Crippen molar-refractivity contribution < 1.29 is 10.0 Å². The van der Waals surface area contributed by atoms with Crippen LogP contribution in [0.2, 0.25) is 0 Å². The van der Waals surface area contributed by atoms with E-state index in [-0.39, 0.29) is 10.6 Å². The van der Waals surface area contributed by atoms with Gasteiger partial charge in [0.15, 0.2) is 0 Å². The maximum absolute atomic E-state index is 10.9. The highest BCUT2D eigenvalue weighted by Gasteiger charge is 2.26. The molecule has 19 heavy (non-hydrogen) atoms. The van der Waals surface area contributed by atoms with E-state index in [1.165, 1.54) is 6.07 Å². The lowest BCUT2D eigenvalue weighted by Crippen LogP contribution is -2.28. The summed E-state index contributed by atoms with van der Waals surface area (Å²) < 4.78 is 0. The number of nitrogens with zero attached hydrogens (tertiary/aromatic N) is 2. The third kappa shape index (κ3) is 3.23. The van der Waals surface area contributed by atoms with Gasteiger partial charge in [0.25, 0.3) is 5.69 Å². The van der Waals surface area contributed by atoms with E-state index in [2.05, 4.69) is 4.90 Å². The second-order valence-corrected chi connectivity index (χ2v) is 5.57. The van der Waals surface area contributed by atoms with E-state index in [4.69, 9.17) is 0 Å². The lowest BCUT2D eigenvalue weighted by Gasteiger charge is -2.25. The number of hydrogen-bond donors (Lipinski definition) is 1. The molecule has 0 amide bonds. The number of anilines is 1. The van der Waals surface area contributed by atoms with Gasteiger partial charge in [0.05, 0.1) is 10.5 Å². The average molecular weight is 264 g/mol. The van der Waals surface area contributed by atoms with Crippen LogP contribution in [0.5, 0.6) is 0 Å². The minimum absolute atomic E-state index is 0.122. The fraction of sp³-hybridized carbons (Fsp3) is 0.571. The second-order valence-electron chi connectivity index (χ2n) is 5.57. The van der Waals surface area contributed by atoms with Crippen molar-refractivity contribution in [3.8, 4) is 0 Å².